The number of hydrogen-bond donors (Lipinski definition) is 1. The first-order valence-electron chi connectivity index (χ1n) is 4.37. The summed E-state index contributed by atoms with van der Waals surface area (Å²) in [5.41, 5.74) is 5.55. The molecule has 0 aliphatic carbocycles. The van der Waals surface area contributed by atoms with Crippen LogP contribution in [-0.4, -0.2) is 12.1 Å². The third-order valence-electron chi connectivity index (χ3n) is 1.90. The SMILES string of the molecule is CC(N)C(C)Oc1cc(F)cc(F)c1. The Hall–Kier alpha value is -1.16. The lowest BCUT2D eigenvalue weighted by Crippen LogP contribution is -2.33. The fraction of sp³-hybridized carbons (Fsp3) is 0.400. The third kappa shape index (κ3) is 2.96. The Morgan fingerprint density at radius 1 is 1.14 bits per heavy atom. The Bertz CT molecular complexity index is 295. The zero-order valence-electron chi connectivity index (χ0n) is 8.13. The van der Waals surface area contributed by atoms with E-state index < -0.39 is 11.6 Å². The lowest BCUT2D eigenvalue weighted by Gasteiger charge is -2.17. The summed E-state index contributed by atoms with van der Waals surface area (Å²) in [7, 11) is 0. The highest BCUT2D eigenvalue weighted by atomic mass is 19.1. The highest BCUT2D eigenvalue weighted by Gasteiger charge is 2.10. The second-order valence-electron chi connectivity index (χ2n) is 3.29. The van der Waals surface area contributed by atoms with Crippen molar-refractivity contribution in [3.05, 3.63) is 29.8 Å². The molecule has 0 fully saturated rings. The second-order valence-corrected chi connectivity index (χ2v) is 3.29. The van der Waals surface area contributed by atoms with Gasteiger partial charge in [-0.15, -0.1) is 0 Å². The maximum atomic E-state index is 12.7. The number of halogens is 2. The Morgan fingerprint density at radius 3 is 2.07 bits per heavy atom. The van der Waals surface area contributed by atoms with Gasteiger partial charge in [0.15, 0.2) is 0 Å². The van der Waals surface area contributed by atoms with Gasteiger partial charge in [-0.1, -0.05) is 0 Å². The lowest BCUT2D eigenvalue weighted by atomic mass is 10.2. The Balaban J connectivity index is 2.76. The van der Waals surface area contributed by atoms with Crippen molar-refractivity contribution in [2.75, 3.05) is 0 Å². The molecule has 0 saturated heterocycles. The first-order chi connectivity index (χ1) is 6.49. The molecular weight excluding hydrogens is 188 g/mol. The molecule has 0 bridgehead atoms. The van der Waals surface area contributed by atoms with E-state index in [0.29, 0.717) is 0 Å². The minimum absolute atomic E-state index is 0.160. The minimum Gasteiger partial charge on any atom is -0.489 e. The molecule has 0 spiro atoms. The van der Waals surface area contributed by atoms with Gasteiger partial charge < -0.3 is 10.5 Å². The van der Waals surface area contributed by atoms with Gasteiger partial charge in [-0.25, -0.2) is 8.78 Å². The molecule has 0 aliphatic heterocycles. The summed E-state index contributed by atoms with van der Waals surface area (Å²) in [6, 6.07) is 2.86. The van der Waals surface area contributed by atoms with Gasteiger partial charge in [-0.2, -0.15) is 0 Å². The summed E-state index contributed by atoms with van der Waals surface area (Å²) in [5, 5.41) is 0. The van der Waals surface area contributed by atoms with E-state index in [9.17, 15) is 8.78 Å². The van der Waals surface area contributed by atoms with Crippen molar-refractivity contribution in [2.45, 2.75) is 26.0 Å². The van der Waals surface area contributed by atoms with E-state index in [2.05, 4.69) is 0 Å². The van der Waals surface area contributed by atoms with E-state index >= 15 is 0 Å². The van der Waals surface area contributed by atoms with E-state index in [0.717, 1.165) is 18.2 Å². The summed E-state index contributed by atoms with van der Waals surface area (Å²) < 4.78 is 30.7. The van der Waals surface area contributed by atoms with E-state index in [-0.39, 0.29) is 17.9 Å². The lowest BCUT2D eigenvalue weighted by molar-refractivity contribution is 0.195. The van der Waals surface area contributed by atoms with Crippen LogP contribution in [0.1, 0.15) is 13.8 Å². The van der Waals surface area contributed by atoms with E-state index in [1.165, 1.54) is 0 Å². The van der Waals surface area contributed by atoms with Gasteiger partial charge in [0.1, 0.15) is 23.5 Å². The number of rotatable bonds is 3. The van der Waals surface area contributed by atoms with Crippen molar-refractivity contribution >= 4 is 0 Å². The molecule has 1 rings (SSSR count). The van der Waals surface area contributed by atoms with Crippen LogP contribution >= 0.6 is 0 Å². The monoisotopic (exact) mass is 201 g/mol. The van der Waals surface area contributed by atoms with Crippen LogP contribution in [0.4, 0.5) is 8.78 Å². The molecule has 1 aromatic carbocycles. The molecule has 0 amide bonds. The summed E-state index contributed by atoms with van der Waals surface area (Å²) in [5.74, 6) is -1.15. The molecule has 2 nitrogen and oxygen atoms in total. The predicted molar refractivity (Wildman–Crippen MR) is 50.1 cm³/mol. The van der Waals surface area contributed by atoms with Gasteiger partial charge in [0.2, 0.25) is 0 Å². The molecule has 0 heterocycles. The maximum Gasteiger partial charge on any atom is 0.129 e. The number of ether oxygens (including phenoxy) is 1. The molecule has 0 aliphatic rings. The summed E-state index contributed by atoms with van der Waals surface area (Å²) >= 11 is 0. The van der Waals surface area contributed by atoms with Gasteiger partial charge >= 0.3 is 0 Å². The van der Waals surface area contributed by atoms with Gasteiger partial charge in [0.25, 0.3) is 0 Å². The molecule has 0 aromatic heterocycles. The summed E-state index contributed by atoms with van der Waals surface area (Å²) in [4.78, 5) is 0. The highest BCUT2D eigenvalue weighted by Crippen LogP contribution is 2.17. The van der Waals surface area contributed by atoms with Crippen LogP contribution in [0.2, 0.25) is 0 Å². The van der Waals surface area contributed by atoms with Gasteiger partial charge in [-0.3, -0.25) is 0 Å². The van der Waals surface area contributed by atoms with Crippen LogP contribution in [0.25, 0.3) is 0 Å². The zero-order valence-corrected chi connectivity index (χ0v) is 8.13. The summed E-state index contributed by atoms with van der Waals surface area (Å²) in [6.45, 7) is 3.51. The topological polar surface area (TPSA) is 35.2 Å². The number of hydrogen-bond acceptors (Lipinski definition) is 2. The average Bonchev–Trinajstić information content (AvgIpc) is 2.01. The van der Waals surface area contributed by atoms with Crippen LogP contribution in [0.5, 0.6) is 5.75 Å². The molecule has 2 N–H and O–H groups in total. The standard InChI is InChI=1S/C10H13F2NO/c1-6(13)7(2)14-10-4-8(11)3-9(12)5-10/h3-7H,13H2,1-2H3. The molecule has 2 unspecified atom stereocenters. The Labute approximate surface area is 81.7 Å². The van der Waals surface area contributed by atoms with Crippen molar-refractivity contribution in [2.24, 2.45) is 5.73 Å². The van der Waals surface area contributed by atoms with Gasteiger partial charge in [0.05, 0.1) is 0 Å². The molecular formula is C10H13F2NO. The molecule has 2 atom stereocenters. The van der Waals surface area contributed by atoms with E-state index in [4.69, 9.17) is 10.5 Å². The van der Waals surface area contributed by atoms with Crippen LogP contribution in [-0.2, 0) is 0 Å². The quantitative estimate of drug-likeness (QED) is 0.812. The highest BCUT2D eigenvalue weighted by molar-refractivity contribution is 5.24. The fourth-order valence-corrected chi connectivity index (χ4v) is 0.919. The van der Waals surface area contributed by atoms with Crippen LogP contribution < -0.4 is 10.5 Å². The number of benzene rings is 1. The van der Waals surface area contributed by atoms with Crippen LogP contribution in [0.15, 0.2) is 18.2 Å². The number of nitrogens with two attached hydrogens (primary N) is 1. The van der Waals surface area contributed by atoms with Crippen molar-refractivity contribution in [1.82, 2.24) is 0 Å². The molecule has 0 saturated carbocycles. The van der Waals surface area contributed by atoms with Crippen molar-refractivity contribution < 1.29 is 13.5 Å². The van der Waals surface area contributed by atoms with E-state index in [1.807, 2.05) is 0 Å². The molecule has 78 valence electrons. The Morgan fingerprint density at radius 2 is 1.64 bits per heavy atom. The van der Waals surface area contributed by atoms with Crippen LogP contribution in [0, 0.1) is 11.6 Å². The van der Waals surface area contributed by atoms with Crippen LogP contribution in [0.3, 0.4) is 0 Å². The minimum atomic E-state index is -0.656. The van der Waals surface area contributed by atoms with Gasteiger partial charge in [0, 0.05) is 24.2 Å². The normalized spacial score (nSPS) is 14.9. The Kier molecular flexibility index (Phi) is 3.41. The fourth-order valence-electron chi connectivity index (χ4n) is 0.919. The summed E-state index contributed by atoms with van der Waals surface area (Å²) in [6.07, 6.45) is -0.281. The molecule has 4 heteroatoms. The zero-order chi connectivity index (χ0) is 10.7. The molecule has 14 heavy (non-hydrogen) atoms. The molecule has 1 aromatic rings. The van der Waals surface area contributed by atoms with Crippen molar-refractivity contribution in [3.8, 4) is 5.75 Å². The van der Waals surface area contributed by atoms with Gasteiger partial charge in [-0.05, 0) is 13.8 Å². The largest absolute Gasteiger partial charge is 0.489 e. The molecule has 0 radical (unpaired) electrons. The third-order valence-corrected chi connectivity index (χ3v) is 1.90. The smallest absolute Gasteiger partial charge is 0.129 e. The predicted octanol–water partition coefficient (Wildman–Crippen LogP) is 2.08. The van der Waals surface area contributed by atoms with Crippen molar-refractivity contribution in [1.29, 1.82) is 0 Å². The average molecular weight is 201 g/mol. The second kappa shape index (κ2) is 4.37. The maximum absolute atomic E-state index is 12.7. The first kappa shape index (κ1) is 10.9. The first-order valence-corrected chi connectivity index (χ1v) is 4.37. The van der Waals surface area contributed by atoms with Crippen molar-refractivity contribution in [3.63, 3.8) is 0 Å². The van der Waals surface area contributed by atoms with E-state index in [1.54, 1.807) is 13.8 Å².